The summed E-state index contributed by atoms with van der Waals surface area (Å²) in [7, 11) is 1.60. The molecular weight excluding hydrogens is 284 g/mol. The molecule has 0 fully saturated rings. The topological polar surface area (TPSA) is 54.0 Å². The van der Waals surface area contributed by atoms with Crippen molar-refractivity contribution >= 4 is 17.6 Å². The van der Waals surface area contributed by atoms with Gasteiger partial charge in [0.1, 0.15) is 13.2 Å². The zero-order valence-electron chi connectivity index (χ0n) is 11.7. The molecule has 0 N–H and O–H groups in total. The third kappa shape index (κ3) is 5.27. The second-order valence-electron chi connectivity index (χ2n) is 3.76. The van der Waals surface area contributed by atoms with Crippen LogP contribution >= 0.6 is 11.6 Å². The van der Waals surface area contributed by atoms with Gasteiger partial charge < -0.3 is 18.9 Å². The Balaban J connectivity index is 2.84. The lowest BCUT2D eigenvalue weighted by Gasteiger charge is -2.13. The van der Waals surface area contributed by atoms with Crippen molar-refractivity contribution in [1.29, 1.82) is 0 Å². The Kier molecular flexibility index (Phi) is 7.84. The van der Waals surface area contributed by atoms with Crippen LogP contribution in [0.1, 0.15) is 17.3 Å². The fourth-order valence-electron chi connectivity index (χ4n) is 1.46. The smallest absolute Gasteiger partial charge is 0.338 e. The summed E-state index contributed by atoms with van der Waals surface area (Å²) >= 11 is 5.61. The standard InChI is InChI=1S/C14H19ClO5/c1-3-18-14(16)11-4-5-12(20-9-8-17-2)13(10-11)19-7-6-15/h4-5,10H,3,6-9H2,1-2H3. The number of esters is 1. The molecule has 0 aliphatic carbocycles. The van der Waals surface area contributed by atoms with Gasteiger partial charge in [-0.25, -0.2) is 4.79 Å². The summed E-state index contributed by atoms with van der Waals surface area (Å²) in [5, 5.41) is 0. The van der Waals surface area contributed by atoms with Crippen molar-refractivity contribution < 1.29 is 23.7 Å². The zero-order valence-corrected chi connectivity index (χ0v) is 12.4. The summed E-state index contributed by atoms with van der Waals surface area (Å²) in [6.07, 6.45) is 0. The summed E-state index contributed by atoms with van der Waals surface area (Å²) < 4.78 is 20.9. The molecule has 0 bridgehead atoms. The molecule has 0 aliphatic rings. The molecule has 0 saturated carbocycles. The molecule has 1 aromatic carbocycles. The molecule has 0 unspecified atom stereocenters. The van der Waals surface area contributed by atoms with Crippen LogP contribution in [0.15, 0.2) is 18.2 Å². The number of rotatable bonds is 9. The molecule has 0 heterocycles. The average molecular weight is 303 g/mol. The number of benzene rings is 1. The van der Waals surface area contributed by atoms with Gasteiger partial charge in [-0.2, -0.15) is 0 Å². The van der Waals surface area contributed by atoms with Crippen molar-refractivity contribution in [3.8, 4) is 11.5 Å². The highest BCUT2D eigenvalue weighted by atomic mass is 35.5. The molecule has 0 spiro atoms. The van der Waals surface area contributed by atoms with Crippen molar-refractivity contribution in [2.24, 2.45) is 0 Å². The van der Waals surface area contributed by atoms with Crippen molar-refractivity contribution in [3.05, 3.63) is 23.8 Å². The fourth-order valence-corrected chi connectivity index (χ4v) is 1.54. The molecule has 0 aromatic heterocycles. The summed E-state index contributed by atoms with van der Waals surface area (Å²) in [6, 6.07) is 4.89. The monoisotopic (exact) mass is 302 g/mol. The van der Waals surface area contributed by atoms with Gasteiger partial charge in [-0.3, -0.25) is 0 Å². The first kappa shape index (κ1) is 16.6. The van der Waals surface area contributed by atoms with Crippen LogP contribution < -0.4 is 9.47 Å². The van der Waals surface area contributed by atoms with Crippen LogP contribution in [0.3, 0.4) is 0 Å². The number of ether oxygens (including phenoxy) is 4. The van der Waals surface area contributed by atoms with E-state index < -0.39 is 5.97 Å². The highest BCUT2D eigenvalue weighted by Crippen LogP contribution is 2.28. The molecular formula is C14H19ClO5. The van der Waals surface area contributed by atoms with Crippen LogP contribution in [0.5, 0.6) is 11.5 Å². The highest BCUT2D eigenvalue weighted by molar-refractivity contribution is 6.18. The molecule has 0 radical (unpaired) electrons. The minimum Gasteiger partial charge on any atom is -0.488 e. The second-order valence-corrected chi connectivity index (χ2v) is 4.14. The molecule has 6 heteroatoms. The van der Waals surface area contributed by atoms with E-state index in [1.54, 1.807) is 32.2 Å². The van der Waals surface area contributed by atoms with Gasteiger partial charge in [0.2, 0.25) is 0 Å². The van der Waals surface area contributed by atoms with E-state index in [2.05, 4.69) is 0 Å². The number of halogens is 1. The van der Waals surface area contributed by atoms with E-state index in [9.17, 15) is 4.79 Å². The number of hydrogen-bond acceptors (Lipinski definition) is 5. The number of alkyl halides is 1. The van der Waals surface area contributed by atoms with Gasteiger partial charge in [0.15, 0.2) is 11.5 Å². The average Bonchev–Trinajstić information content (AvgIpc) is 2.46. The zero-order chi connectivity index (χ0) is 14.8. The SMILES string of the molecule is CCOC(=O)c1ccc(OCCOC)c(OCCCl)c1. The van der Waals surface area contributed by atoms with E-state index >= 15 is 0 Å². The first-order valence-corrected chi connectivity index (χ1v) is 6.88. The van der Waals surface area contributed by atoms with Crippen LogP contribution in [-0.4, -0.2) is 45.4 Å². The van der Waals surface area contributed by atoms with E-state index in [1.807, 2.05) is 0 Å². The summed E-state index contributed by atoms with van der Waals surface area (Å²) in [5.41, 5.74) is 0.413. The second kappa shape index (κ2) is 9.44. The largest absolute Gasteiger partial charge is 0.488 e. The molecule has 0 saturated heterocycles. The molecule has 112 valence electrons. The Morgan fingerprint density at radius 3 is 2.55 bits per heavy atom. The van der Waals surface area contributed by atoms with Crippen LogP contribution in [-0.2, 0) is 9.47 Å². The number of methoxy groups -OCH3 is 1. The minimum atomic E-state index is -0.397. The van der Waals surface area contributed by atoms with Crippen LogP contribution in [0.4, 0.5) is 0 Å². The Morgan fingerprint density at radius 2 is 1.90 bits per heavy atom. The van der Waals surface area contributed by atoms with Crippen LogP contribution in [0, 0.1) is 0 Å². The van der Waals surface area contributed by atoms with Gasteiger partial charge >= 0.3 is 5.97 Å². The van der Waals surface area contributed by atoms with E-state index in [-0.39, 0.29) is 0 Å². The first-order chi connectivity index (χ1) is 9.72. The summed E-state index contributed by atoms with van der Waals surface area (Å²) in [5.74, 6) is 0.959. The lowest BCUT2D eigenvalue weighted by Crippen LogP contribution is -2.09. The predicted molar refractivity (Wildman–Crippen MR) is 76.0 cm³/mol. The maximum absolute atomic E-state index is 11.7. The number of hydrogen-bond donors (Lipinski definition) is 0. The normalized spacial score (nSPS) is 10.2. The van der Waals surface area contributed by atoms with Crippen molar-refractivity contribution in [2.45, 2.75) is 6.92 Å². The van der Waals surface area contributed by atoms with E-state index in [1.165, 1.54) is 0 Å². The van der Waals surface area contributed by atoms with Crippen LogP contribution in [0.25, 0.3) is 0 Å². The Bertz CT molecular complexity index is 422. The molecule has 20 heavy (non-hydrogen) atoms. The first-order valence-electron chi connectivity index (χ1n) is 6.34. The highest BCUT2D eigenvalue weighted by Gasteiger charge is 2.12. The number of carbonyl (C=O) groups excluding carboxylic acids is 1. The lowest BCUT2D eigenvalue weighted by molar-refractivity contribution is 0.0525. The van der Waals surface area contributed by atoms with E-state index in [0.717, 1.165) is 0 Å². The Hall–Kier alpha value is -1.46. The van der Waals surface area contributed by atoms with Crippen molar-refractivity contribution in [3.63, 3.8) is 0 Å². The van der Waals surface area contributed by atoms with Gasteiger partial charge in [0, 0.05) is 7.11 Å². The Morgan fingerprint density at radius 1 is 1.15 bits per heavy atom. The van der Waals surface area contributed by atoms with E-state index in [0.29, 0.717) is 49.4 Å². The minimum absolute atomic E-state index is 0.322. The number of carbonyl (C=O) groups is 1. The maximum atomic E-state index is 11.7. The molecule has 0 amide bonds. The summed E-state index contributed by atoms with van der Waals surface area (Å²) in [6.45, 7) is 3.27. The van der Waals surface area contributed by atoms with Gasteiger partial charge in [-0.1, -0.05) is 0 Å². The predicted octanol–water partition coefficient (Wildman–Crippen LogP) is 2.51. The third-order valence-electron chi connectivity index (χ3n) is 2.33. The van der Waals surface area contributed by atoms with Crippen LogP contribution in [0.2, 0.25) is 0 Å². The van der Waals surface area contributed by atoms with Gasteiger partial charge in [0.05, 0.1) is 24.7 Å². The molecule has 0 atom stereocenters. The quantitative estimate of drug-likeness (QED) is 0.398. The summed E-state index contributed by atoms with van der Waals surface area (Å²) in [4.78, 5) is 11.7. The molecule has 0 aliphatic heterocycles. The molecule has 1 aromatic rings. The maximum Gasteiger partial charge on any atom is 0.338 e. The van der Waals surface area contributed by atoms with Gasteiger partial charge in [-0.15, -0.1) is 11.6 Å². The van der Waals surface area contributed by atoms with Gasteiger partial charge in [0.25, 0.3) is 0 Å². The Labute approximate surface area is 123 Å². The van der Waals surface area contributed by atoms with E-state index in [4.69, 9.17) is 30.5 Å². The third-order valence-corrected chi connectivity index (χ3v) is 2.49. The van der Waals surface area contributed by atoms with Crippen molar-refractivity contribution in [1.82, 2.24) is 0 Å². The lowest BCUT2D eigenvalue weighted by atomic mass is 10.2. The van der Waals surface area contributed by atoms with Crippen molar-refractivity contribution in [2.75, 3.05) is 39.4 Å². The van der Waals surface area contributed by atoms with Gasteiger partial charge in [-0.05, 0) is 25.1 Å². The fraction of sp³-hybridized carbons (Fsp3) is 0.500. The molecule has 5 nitrogen and oxygen atoms in total. The molecule has 1 rings (SSSR count).